The highest BCUT2D eigenvalue weighted by molar-refractivity contribution is 6.24. The van der Waals surface area contributed by atoms with Gasteiger partial charge in [-0.15, -0.1) is 0 Å². The van der Waals surface area contributed by atoms with Gasteiger partial charge >= 0.3 is 11.9 Å². The molecular formula is C54H36O24. The molecule has 0 bridgehead atoms. The molecule has 11 N–H and O–H groups in total. The Morgan fingerprint density at radius 1 is 0.500 bits per heavy atom. The smallest absolute Gasteiger partial charge is 0.340 e. The van der Waals surface area contributed by atoms with E-state index in [4.69, 9.17) is 18.3 Å². The average Bonchev–Trinajstić information content (AvgIpc) is 3.54. The predicted octanol–water partition coefficient (Wildman–Crippen LogP) is 6.57. The topological polar surface area (TPSA) is 421 Å². The second-order valence-corrected chi connectivity index (χ2v) is 17.9. The summed E-state index contributed by atoms with van der Waals surface area (Å²) in [5.74, 6) is -16.7. The maximum Gasteiger partial charge on any atom is 0.340 e. The van der Waals surface area contributed by atoms with Gasteiger partial charge in [-0.3, -0.25) is 33.6 Å². The zero-order chi connectivity index (χ0) is 57.0. The Labute approximate surface area is 431 Å². The van der Waals surface area contributed by atoms with Crippen molar-refractivity contribution in [3.8, 4) is 57.5 Å². The summed E-state index contributed by atoms with van der Waals surface area (Å²) in [4.78, 5) is 116. The third-order valence-corrected chi connectivity index (χ3v) is 13.2. The Kier molecular flexibility index (Phi) is 12.3. The molecule has 2 aromatic heterocycles. The number of hydrogen-bond donors (Lipinski definition) is 11. The molecule has 0 saturated heterocycles. The second-order valence-electron chi connectivity index (χ2n) is 17.9. The summed E-state index contributed by atoms with van der Waals surface area (Å²) in [7, 11) is 0. The van der Waals surface area contributed by atoms with Gasteiger partial charge in [0.15, 0.2) is 69.1 Å². The van der Waals surface area contributed by atoms with Crippen molar-refractivity contribution in [3.63, 3.8) is 0 Å². The van der Waals surface area contributed by atoms with Crippen molar-refractivity contribution in [2.75, 3.05) is 13.2 Å². The van der Waals surface area contributed by atoms with E-state index in [0.29, 0.717) is 0 Å². The van der Waals surface area contributed by atoms with Gasteiger partial charge in [-0.2, -0.15) is 0 Å². The Hall–Kier alpha value is -10.9. The molecule has 24 heteroatoms. The minimum atomic E-state index is -1.75. The first-order chi connectivity index (χ1) is 36.7. The first-order valence-electron chi connectivity index (χ1n) is 22.6. The largest absolute Gasteiger partial charge is 0.507 e. The third kappa shape index (κ3) is 7.98. The maximum atomic E-state index is 13.7. The number of aromatic hydroxyl groups is 8. The van der Waals surface area contributed by atoms with Crippen LogP contribution in [0.25, 0.3) is 49.6 Å². The molecule has 1 atom stereocenters. The van der Waals surface area contributed by atoms with Gasteiger partial charge in [0.1, 0.15) is 69.8 Å². The Balaban J connectivity index is 0.000000190. The molecule has 0 spiro atoms. The zero-order valence-electron chi connectivity index (χ0n) is 40.3. The lowest BCUT2D eigenvalue weighted by molar-refractivity contribution is 0.0657. The molecular weight excluding hydrogens is 1030 g/mol. The van der Waals surface area contributed by atoms with Gasteiger partial charge in [-0.1, -0.05) is 0 Å². The van der Waals surface area contributed by atoms with Crippen LogP contribution >= 0.6 is 0 Å². The normalized spacial score (nSPS) is 14.5. The highest BCUT2D eigenvalue weighted by Gasteiger charge is 2.41. The van der Waals surface area contributed by atoms with E-state index >= 15 is 0 Å². The van der Waals surface area contributed by atoms with Gasteiger partial charge in [0, 0.05) is 35.4 Å². The van der Waals surface area contributed by atoms with Crippen molar-refractivity contribution in [2.45, 2.75) is 27.7 Å². The molecule has 0 aliphatic carbocycles. The monoisotopic (exact) mass is 1070 g/mol. The van der Waals surface area contributed by atoms with Gasteiger partial charge < -0.3 is 74.5 Å². The first-order valence-corrected chi connectivity index (χ1v) is 22.6. The van der Waals surface area contributed by atoms with E-state index in [-0.39, 0.29) is 88.8 Å². The minimum absolute atomic E-state index is 0.0658. The summed E-state index contributed by atoms with van der Waals surface area (Å²) in [6.07, 6.45) is 0. The number of benzene rings is 6. The molecule has 6 aromatic carbocycles. The fraction of sp³-hybridized carbons (Fsp3) is 0.130. The maximum absolute atomic E-state index is 13.7. The van der Waals surface area contributed by atoms with Gasteiger partial charge in [0.25, 0.3) is 0 Å². The van der Waals surface area contributed by atoms with Crippen LogP contribution < -0.4 is 20.3 Å². The number of aliphatic hydroxyl groups is 1. The molecule has 10 rings (SSSR count). The Morgan fingerprint density at radius 2 is 0.923 bits per heavy atom. The first kappa shape index (κ1) is 52.0. The van der Waals surface area contributed by atoms with Crippen molar-refractivity contribution in [2.24, 2.45) is 5.92 Å². The summed E-state index contributed by atoms with van der Waals surface area (Å²) in [5.41, 5.74) is -6.01. The number of fused-ring (bicyclic) bond motifs is 6. The van der Waals surface area contributed by atoms with Crippen LogP contribution in [0, 0.1) is 19.8 Å². The van der Waals surface area contributed by atoms with E-state index in [2.05, 4.69) is 0 Å². The number of carboxylic acids is 2. The lowest BCUT2D eigenvalue weighted by atomic mass is 9.83. The van der Waals surface area contributed by atoms with Gasteiger partial charge in [-0.05, 0) is 63.1 Å². The molecule has 0 amide bonds. The molecule has 0 radical (unpaired) electrons. The zero-order valence-corrected chi connectivity index (χ0v) is 40.3. The summed E-state index contributed by atoms with van der Waals surface area (Å²) < 4.78 is 22.3. The Morgan fingerprint density at radius 3 is 1.38 bits per heavy atom. The Bertz CT molecular complexity index is 4340. The fourth-order valence-electron chi connectivity index (χ4n) is 9.46. The van der Waals surface area contributed by atoms with Crippen molar-refractivity contribution in [3.05, 3.63) is 130 Å². The van der Waals surface area contributed by atoms with E-state index in [1.807, 2.05) is 0 Å². The number of ether oxygens (including phenoxy) is 2. The lowest BCUT2D eigenvalue weighted by Crippen LogP contribution is -2.36. The van der Waals surface area contributed by atoms with Crippen LogP contribution in [0.1, 0.15) is 103 Å². The lowest BCUT2D eigenvalue weighted by Gasteiger charge is -2.25. The highest BCUT2D eigenvalue weighted by Crippen LogP contribution is 2.45. The van der Waals surface area contributed by atoms with Crippen molar-refractivity contribution >= 4 is 90.5 Å². The van der Waals surface area contributed by atoms with Crippen molar-refractivity contribution in [1.29, 1.82) is 0 Å². The molecule has 8 aromatic rings. The SMILES string of the molecule is CC(=O)c1c(C)c(/C(O)=C2\COc3cc(O)c(O)c(C(=O)O)c3C2=O)cc2c(=O)c3cc(O)c(O)cc3oc12.CC(=O)c1c(C)c(C(=O)C2COc3cc(O)c(O)c(C(=O)O)c3C2=O)cc2c(=O)c3cc(O)c(O)cc3oc12. The van der Waals surface area contributed by atoms with E-state index in [1.54, 1.807) is 0 Å². The molecule has 0 fully saturated rings. The van der Waals surface area contributed by atoms with Crippen LogP contribution in [0.2, 0.25) is 0 Å². The number of hydrogen-bond acceptors (Lipinski definition) is 22. The average molecular weight is 1070 g/mol. The predicted molar refractivity (Wildman–Crippen MR) is 267 cm³/mol. The number of rotatable bonds is 7. The number of aliphatic hydroxyl groups excluding tert-OH is 1. The number of phenols is 8. The molecule has 1 unspecified atom stereocenters. The number of phenolic OH excluding ortho intramolecular Hbond substituents is 6. The van der Waals surface area contributed by atoms with Crippen molar-refractivity contribution in [1.82, 2.24) is 0 Å². The van der Waals surface area contributed by atoms with E-state index < -0.39 is 150 Å². The number of carboxylic acid groups (broad SMARTS) is 2. The number of ketones is 5. The van der Waals surface area contributed by atoms with Gasteiger partial charge in [0.2, 0.25) is 16.6 Å². The van der Waals surface area contributed by atoms with E-state index in [9.17, 15) is 99.3 Å². The quantitative estimate of drug-likeness (QED) is 0.0200. The van der Waals surface area contributed by atoms with Crippen LogP contribution in [-0.4, -0.2) is 110 Å². The summed E-state index contributed by atoms with van der Waals surface area (Å²) in [6.45, 7) is 4.06. The highest BCUT2D eigenvalue weighted by atomic mass is 16.5. The molecule has 4 heterocycles. The molecule has 78 heavy (non-hydrogen) atoms. The number of carbonyl (C=O) groups excluding carboxylic acids is 5. The van der Waals surface area contributed by atoms with E-state index in [1.165, 1.54) is 33.8 Å². The van der Waals surface area contributed by atoms with Crippen LogP contribution in [0.5, 0.6) is 57.5 Å². The third-order valence-electron chi connectivity index (χ3n) is 13.2. The summed E-state index contributed by atoms with van der Waals surface area (Å²) >= 11 is 0. The summed E-state index contributed by atoms with van der Waals surface area (Å²) in [6, 6.07) is 7.98. The molecule has 0 saturated carbocycles. The fourth-order valence-corrected chi connectivity index (χ4v) is 9.46. The molecule has 24 nitrogen and oxygen atoms in total. The van der Waals surface area contributed by atoms with Crippen LogP contribution in [-0.2, 0) is 0 Å². The van der Waals surface area contributed by atoms with Crippen LogP contribution in [0.3, 0.4) is 0 Å². The standard InChI is InChI=1S/2C27H18O12/c2*1-8-10(22(32)13-7-38-18-6-16(31)25(35)21(27(36)37)20(18)24(13)34)3-12-23(33)11-4-14(29)15(30)5-17(11)39-26(12)19(8)9(2)28/h3-6,29-32,35H,7H2,1-2H3,(H,36,37);3-6,13,29-31,35H,7H2,1-2H3,(H,36,37)/b22-13-;. The number of Topliss-reactive ketones (excluding diaryl/α,β-unsaturated/α-hetero) is 5. The van der Waals surface area contributed by atoms with Crippen LogP contribution in [0.4, 0.5) is 0 Å². The van der Waals surface area contributed by atoms with Crippen molar-refractivity contribution < 1.29 is 108 Å². The van der Waals surface area contributed by atoms with E-state index in [0.717, 1.165) is 42.5 Å². The summed E-state index contributed by atoms with van der Waals surface area (Å²) in [5, 5.41) is 109. The second kappa shape index (κ2) is 18.5. The van der Waals surface area contributed by atoms with Gasteiger partial charge in [-0.25, -0.2) is 9.59 Å². The molecule has 2 aliphatic rings. The molecule has 2 aliphatic heterocycles. The number of aromatic carboxylic acids is 2. The minimum Gasteiger partial charge on any atom is -0.507 e. The molecule has 396 valence electrons. The number of carbonyl (C=O) groups is 7. The van der Waals surface area contributed by atoms with Crippen LogP contribution in [0.15, 0.2) is 72.5 Å². The van der Waals surface area contributed by atoms with Gasteiger partial charge in [0.05, 0.1) is 49.4 Å².